The maximum absolute atomic E-state index is 13.9. The highest BCUT2D eigenvalue weighted by Gasteiger charge is 2.48. The zero-order chi connectivity index (χ0) is 25.3. The molecule has 4 aromatic rings. The Morgan fingerprint density at radius 2 is 1.75 bits per heavy atom. The van der Waals surface area contributed by atoms with Crippen LogP contribution in [0.2, 0.25) is 5.02 Å². The lowest BCUT2D eigenvalue weighted by Crippen LogP contribution is -2.64. The molecule has 0 bridgehead atoms. The van der Waals surface area contributed by atoms with Gasteiger partial charge in [-0.3, -0.25) is 19.2 Å². The molecule has 1 N–H and O–H groups in total. The van der Waals surface area contributed by atoms with Crippen LogP contribution in [0.3, 0.4) is 0 Å². The van der Waals surface area contributed by atoms with E-state index >= 15 is 0 Å². The van der Waals surface area contributed by atoms with Crippen LogP contribution in [-0.2, 0) is 17.9 Å². The van der Waals surface area contributed by atoms with Crippen molar-refractivity contribution >= 4 is 29.1 Å². The van der Waals surface area contributed by atoms with Gasteiger partial charge in [0, 0.05) is 22.8 Å². The number of carbonyl (C=O) groups is 2. The zero-order valence-corrected chi connectivity index (χ0v) is 20.7. The van der Waals surface area contributed by atoms with Gasteiger partial charge in [0.25, 0.3) is 5.91 Å². The van der Waals surface area contributed by atoms with E-state index < -0.39 is 5.54 Å². The molecular weight excluding hydrogens is 476 g/mol. The molecule has 7 nitrogen and oxygen atoms in total. The highest BCUT2D eigenvalue weighted by molar-refractivity contribution is 6.30. The molecule has 5 rings (SSSR count). The van der Waals surface area contributed by atoms with E-state index in [1.165, 1.54) is 0 Å². The van der Waals surface area contributed by atoms with Gasteiger partial charge in [-0.15, -0.1) is 0 Å². The fraction of sp³-hybridized carbons (Fsp3) is 0.179. The summed E-state index contributed by atoms with van der Waals surface area (Å²) in [7, 11) is 1.61. The van der Waals surface area contributed by atoms with Crippen LogP contribution in [0.5, 0.6) is 5.75 Å². The topological polar surface area (TPSA) is 76.5 Å². The van der Waals surface area contributed by atoms with Crippen LogP contribution in [0.25, 0.3) is 11.3 Å². The molecule has 0 fully saturated rings. The van der Waals surface area contributed by atoms with E-state index in [9.17, 15) is 9.59 Å². The summed E-state index contributed by atoms with van der Waals surface area (Å²) in [6, 6.07) is 25.8. The number of nitrogens with one attached hydrogen (secondary N) is 1. The van der Waals surface area contributed by atoms with Gasteiger partial charge in [-0.25, -0.2) is 0 Å². The molecule has 2 heterocycles. The molecule has 1 aliphatic rings. The lowest BCUT2D eigenvalue weighted by molar-refractivity contribution is -0.126. The lowest BCUT2D eigenvalue weighted by Gasteiger charge is -2.43. The summed E-state index contributed by atoms with van der Waals surface area (Å²) in [5.74, 6) is 0.144. The number of ether oxygens (including phenoxy) is 1. The van der Waals surface area contributed by atoms with Gasteiger partial charge in [-0.05, 0) is 67.1 Å². The smallest absolute Gasteiger partial charge is 0.277 e. The average Bonchev–Trinajstić information content (AvgIpc) is 3.33. The maximum Gasteiger partial charge on any atom is 0.277 e. The van der Waals surface area contributed by atoms with E-state index in [-0.39, 0.29) is 18.4 Å². The van der Waals surface area contributed by atoms with Crippen LogP contribution >= 0.6 is 11.6 Å². The van der Waals surface area contributed by atoms with Crippen molar-refractivity contribution in [1.29, 1.82) is 0 Å². The number of anilines is 1. The van der Waals surface area contributed by atoms with Crippen molar-refractivity contribution in [1.82, 2.24) is 15.1 Å². The highest BCUT2D eigenvalue weighted by Crippen LogP contribution is 2.35. The summed E-state index contributed by atoms with van der Waals surface area (Å²) in [4.78, 5) is 29.1. The predicted octanol–water partition coefficient (Wildman–Crippen LogP) is 4.95. The summed E-state index contributed by atoms with van der Waals surface area (Å²) in [6.07, 6.45) is 0. The van der Waals surface area contributed by atoms with Gasteiger partial charge in [0.15, 0.2) is 0 Å². The number of amides is 2. The first-order valence-corrected chi connectivity index (χ1v) is 11.9. The summed E-state index contributed by atoms with van der Waals surface area (Å²) >= 11 is 6.11. The summed E-state index contributed by atoms with van der Waals surface area (Å²) in [5.41, 5.74) is 2.22. The minimum absolute atomic E-state index is 0.188. The Morgan fingerprint density at radius 1 is 1.06 bits per heavy atom. The van der Waals surface area contributed by atoms with Gasteiger partial charge in [0.1, 0.15) is 17.0 Å². The van der Waals surface area contributed by atoms with Gasteiger partial charge in [0.2, 0.25) is 5.91 Å². The molecule has 182 valence electrons. The largest absolute Gasteiger partial charge is 0.497 e. The molecule has 1 atom stereocenters. The fourth-order valence-electron chi connectivity index (χ4n) is 4.45. The molecule has 1 aliphatic heterocycles. The van der Waals surface area contributed by atoms with Gasteiger partial charge in [-0.1, -0.05) is 41.9 Å². The second-order valence-electron chi connectivity index (χ2n) is 8.86. The first-order valence-electron chi connectivity index (χ1n) is 11.5. The summed E-state index contributed by atoms with van der Waals surface area (Å²) in [6.45, 7) is 2.30. The number of hydrogen-bond acceptors (Lipinski definition) is 4. The Balaban J connectivity index is 1.53. The highest BCUT2D eigenvalue weighted by atomic mass is 35.5. The SMILES string of the molecule is COc1ccc(-c2cc3n(n2)C[C@@](C)(C(=O)NCc2ccccc2)N(c2ccc(Cl)cc2)C3=O)cc1. The molecule has 2 amide bonds. The van der Waals surface area contributed by atoms with Crippen molar-refractivity contribution < 1.29 is 14.3 Å². The van der Waals surface area contributed by atoms with Crippen molar-refractivity contribution in [3.8, 4) is 17.0 Å². The third-order valence-electron chi connectivity index (χ3n) is 6.41. The van der Waals surface area contributed by atoms with Crippen LogP contribution in [-0.4, -0.2) is 34.2 Å². The third-order valence-corrected chi connectivity index (χ3v) is 6.66. The van der Waals surface area contributed by atoms with Gasteiger partial charge in [-0.2, -0.15) is 5.10 Å². The zero-order valence-electron chi connectivity index (χ0n) is 19.9. The predicted molar refractivity (Wildman–Crippen MR) is 139 cm³/mol. The number of aromatic nitrogens is 2. The molecule has 8 heteroatoms. The molecule has 3 aromatic carbocycles. The number of fused-ring (bicyclic) bond motifs is 1. The summed E-state index contributed by atoms with van der Waals surface area (Å²) in [5, 5.41) is 8.25. The van der Waals surface area contributed by atoms with Crippen LogP contribution in [0.4, 0.5) is 5.69 Å². The molecule has 0 saturated heterocycles. The minimum Gasteiger partial charge on any atom is -0.497 e. The first-order chi connectivity index (χ1) is 17.4. The minimum atomic E-state index is -1.23. The Labute approximate surface area is 214 Å². The lowest BCUT2D eigenvalue weighted by atomic mass is 9.93. The number of methoxy groups -OCH3 is 1. The van der Waals surface area contributed by atoms with E-state index in [4.69, 9.17) is 21.4 Å². The molecule has 1 aromatic heterocycles. The number of carbonyl (C=O) groups excluding carboxylic acids is 2. The number of hydrogen-bond donors (Lipinski definition) is 1. The van der Waals surface area contributed by atoms with Gasteiger partial charge >= 0.3 is 0 Å². The fourth-order valence-corrected chi connectivity index (χ4v) is 4.57. The van der Waals surface area contributed by atoms with E-state index in [0.717, 1.165) is 16.9 Å². The van der Waals surface area contributed by atoms with E-state index in [1.54, 1.807) is 53.9 Å². The monoisotopic (exact) mass is 500 g/mol. The Kier molecular flexibility index (Phi) is 6.24. The molecule has 0 aliphatic carbocycles. The van der Waals surface area contributed by atoms with Gasteiger partial charge in [0.05, 0.1) is 19.3 Å². The van der Waals surface area contributed by atoms with Crippen LogP contribution in [0, 0.1) is 0 Å². The third kappa shape index (κ3) is 4.33. The Hall–Kier alpha value is -4.10. The number of halogens is 1. The van der Waals surface area contributed by atoms with Crippen molar-refractivity contribution in [2.24, 2.45) is 0 Å². The Bertz CT molecular complexity index is 1400. The molecule has 0 saturated carbocycles. The van der Waals surface area contributed by atoms with Crippen LogP contribution < -0.4 is 15.0 Å². The second kappa shape index (κ2) is 9.51. The second-order valence-corrected chi connectivity index (χ2v) is 9.30. The molecule has 0 radical (unpaired) electrons. The number of benzene rings is 3. The van der Waals surface area contributed by atoms with E-state index in [1.807, 2.05) is 54.6 Å². The molecular formula is C28H25ClN4O3. The van der Waals surface area contributed by atoms with Crippen LogP contribution in [0.1, 0.15) is 23.0 Å². The molecule has 0 unspecified atom stereocenters. The summed E-state index contributed by atoms with van der Waals surface area (Å²) < 4.78 is 6.86. The van der Waals surface area contributed by atoms with Crippen LogP contribution in [0.15, 0.2) is 84.9 Å². The Morgan fingerprint density at radius 3 is 2.42 bits per heavy atom. The number of nitrogens with zero attached hydrogens (tertiary/aromatic N) is 3. The molecule has 0 spiro atoms. The quantitative estimate of drug-likeness (QED) is 0.406. The van der Waals surface area contributed by atoms with E-state index in [2.05, 4.69) is 5.32 Å². The van der Waals surface area contributed by atoms with Gasteiger partial charge < -0.3 is 10.1 Å². The van der Waals surface area contributed by atoms with Crippen molar-refractivity contribution in [3.05, 3.63) is 101 Å². The number of rotatable bonds is 6. The average molecular weight is 501 g/mol. The first kappa shape index (κ1) is 23.6. The maximum atomic E-state index is 13.9. The molecule has 36 heavy (non-hydrogen) atoms. The van der Waals surface area contributed by atoms with E-state index in [0.29, 0.717) is 28.6 Å². The van der Waals surface area contributed by atoms with Crippen molar-refractivity contribution in [3.63, 3.8) is 0 Å². The van der Waals surface area contributed by atoms with Crippen molar-refractivity contribution in [2.45, 2.75) is 25.6 Å². The standard InChI is InChI=1S/C28H25ClN4O3/c1-28(27(35)30-17-19-6-4-3-5-7-19)18-32-25(26(34)33(28)22-12-10-21(29)11-13-22)16-24(31-32)20-8-14-23(36-2)15-9-20/h3-16H,17-18H2,1-2H3,(H,30,35)/t28-/m0/s1. The van der Waals surface area contributed by atoms with Crippen molar-refractivity contribution in [2.75, 3.05) is 12.0 Å². The normalized spacial score (nSPS) is 17.0.